The van der Waals surface area contributed by atoms with Crippen molar-refractivity contribution < 1.29 is 27.4 Å². The molecule has 1 unspecified atom stereocenters. The molecule has 1 atom stereocenters. The van der Waals surface area contributed by atoms with Crippen LogP contribution in [0, 0.1) is 0 Å². The van der Waals surface area contributed by atoms with Crippen LogP contribution in [0.1, 0.15) is 22.7 Å². The highest BCUT2D eigenvalue weighted by molar-refractivity contribution is 5.78. The predicted molar refractivity (Wildman–Crippen MR) is 93.3 cm³/mol. The smallest absolute Gasteiger partial charge is 0.422 e. The minimum atomic E-state index is -4.37. The van der Waals surface area contributed by atoms with Gasteiger partial charge in [0, 0.05) is 13.1 Å². The number of halogens is 3. The van der Waals surface area contributed by atoms with E-state index < -0.39 is 18.8 Å². The zero-order valence-electron chi connectivity index (χ0n) is 14.8. The fourth-order valence-electron chi connectivity index (χ4n) is 3.27. The van der Waals surface area contributed by atoms with Crippen LogP contribution in [0.15, 0.2) is 48.5 Å². The van der Waals surface area contributed by atoms with Crippen molar-refractivity contribution in [2.24, 2.45) is 0 Å². The fourth-order valence-corrected chi connectivity index (χ4v) is 3.27. The lowest BCUT2D eigenvalue weighted by Crippen LogP contribution is -2.39. The van der Waals surface area contributed by atoms with E-state index in [1.54, 1.807) is 12.1 Å². The second-order valence-electron chi connectivity index (χ2n) is 6.39. The normalized spacial score (nSPS) is 17.3. The van der Waals surface area contributed by atoms with Crippen LogP contribution in [0.25, 0.3) is 0 Å². The van der Waals surface area contributed by atoms with Gasteiger partial charge in [-0.25, -0.2) is 4.79 Å². The first-order valence-corrected chi connectivity index (χ1v) is 8.55. The summed E-state index contributed by atoms with van der Waals surface area (Å²) in [6, 6.07) is 13.7. The van der Waals surface area contributed by atoms with E-state index in [0.717, 1.165) is 23.1 Å². The van der Waals surface area contributed by atoms with Crippen LogP contribution in [-0.2, 0) is 22.5 Å². The molecule has 0 aromatic heterocycles. The van der Waals surface area contributed by atoms with E-state index in [1.165, 1.54) is 19.2 Å². The van der Waals surface area contributed by atoms with Gasteiger partial charge in [-0.05, 0) is 35.2 Å². The topological polar surface area (TPSA) is 38.8 Å². The molecule has 0 amide bonds. The van der Waals surface area contributed by atoms with E-state index in [4.69, 9.17) is 9.47 Å². The molecule has 7 heteroatoms. The summed E-state index contributed by atoms with van der Waals surface area (Å²) >= 11 is 0. The Morgan fingerprint density at radius 2 is 1.85 bits per heavy atom. The van der Waals surface area contributed by atoms with Crippen molar-refractivity contribution in [3.8, 4) is 5.75 Å². The first-order valence-electron chi connectivity index (χ1n) is 8.55. The van der Waals surface area contributed by atoms with Crippen molar-refractivity contribution in [2.75, 3.05) is 20.3 Å². The van der Waals surface area contributed by atoms with Gasteiger partial charge in [-0.2, -0.15) is 13.2 Å². The molecule has 144 valence electrons. The van der Waals surface area contributed by atoms with Gasteiger partial charge in [0.2, 0.25) is 0 Å². The summed E-state index contributed by atoms with van der Waals surface area (Å²) in [5.74, 6) is -0.170. The molecule has 0 radical (unpaired) electrons. The Balaban J connectivity index is 1.73. The zero-order valence-corrected chi connectivity index (χ0v) is 14.8. The number of ether oxygens (including phenoxy) is 2. The van der Waals surface area contributed by atoms with Gasteiger partial charge in [-0.1, -0.05) is 36.4 Å². The predicted octanol–water partition coefficient (Wildman–Crippen LogP) is 3.90. The van der Waals surface area contributed by atoms with Gasteiger partial charge >= 0.3 is 12.1 Å². The number of nitrogens with zero attached hydrogens (tertiary/aromatic N) is 1. The Labute approximate surface area is 155 Å². The zero-order chi connectivity index (χ0) is 19.4. The highest BCUT2D eigenvalue weighted by atomic mass is 19.4. The molecule has 27 heavy (non-hydrogen) atoms. The van der Waals surface area contributed by atoms with Gasteiger partial charge in [0.05, 0.1) is 7.11 Å². The van der Waals surface area contributed by atoms with Crippen molar-refractivity contribution in [2.45, 2.75) is 25.2 Å². The van der Waals surface area contributed by atoms with E-state index in [-0.39, 0.29) is 11.7 Å². The summed E-state index contributed by atoms with van der Waals surface area (Å²) in [6.45, 7) is -0.156. The van der Waals surface area contributed by atoms with Gasteiger partial charge in [-0.3, -0.25) is 4.90 Å². The molecule has 0 saturated carbocycles. The summed E-state index contributed by atoms with van der Waals surface area (Å²) in [4.78, 5) is 14.4. The van der Waals surface area contributed by atoms with Gasteiger partial charge < -0.3 is 9.47 Å². The molecule has 1 aliphatic rings. The third kappa shape index (κ3) is 4.80. The average molecular weight is 379 g/mol. The van der Waals surface area contributed by atoms with Gasteiger partial charge in [0.25, 0.3) is 0 Å². The Kier molecular flexibility index (Phi) is 5.70. The first-order chi connectivity index (χ1) is 12.9. The second kappa shape index (κ2) is 8.00. The Bertz CT molecular complexity index is 790. The van der Waals surface area contributed by atoms with Crippen LogP contribution in [0.4, 0.5) is 13.2 Å². The highest BCUT2D eigenvalue weighted by Crippen LogP contribution is 2.32. The minimum absolute atomic E-state index is 0.157. The lowest BCUT2D eigenvalue weighted by Gasteiger charge is -2.35. The first kappa shape index (κ1) is 19.2. The number of carbonyl (C=O) groups is 1. The number of alkyl halides is 3. The molecular formula is C20H20F3NO3. The maximum Gasteiger partial charge on any atom is 0.422 e. The second-order valence-corrected chi connectivity index (χ2v) is 6.39. The molecule has 0 fully saturated rings. The molecule has 0 aliphatic carbocycles. The number of benzene rings is 2. The van der Waals surface area contributed by atoms with Gasteiger partial charge in [0.15, 0.2) is 6.61 Å². The van der Waals surface area contributed by atoms with Crippen LogP contribution in [0.3, 0.4) is 0 Å². The standard InChI is InChI=1S/C20H20F3NO3/c1-26-19(25)18-17-5-3-2-4-15(17)10-11-24(18)12-14-6-8-16(9-7-14)27-13-20(21,22)23/h2-9,18H,10-13H2,1H3. The maximum absolute atomic E-state index is 12.4. The summed E-state index contributed by atoms with van der Waals surface area (Å²) in [7, 11) is 1.37. The number of fused-ring (bicyclic) bond motifs is 1. The van der Waals surface area contributed by atoms with Crippen molar-refractivity contribution >= 4 is 5.97 Å². The average Bonchev–Trinajstić information content (AvgIpc) is 2.66. The molecule has 2 aromatic carbocycles. The molecular weight excluding hydrogens is 359 g/mol. The molecule has 0 N–H and O–H groups in total. The quantitative estimate of drug-likeness (QED) is 0.739. The van der Waals surface area contributed by atoms with Crippen LogP contribution in [0.2, 0.25) is 0 Å². The van der Waals surface area contributed by atoms with E-state index >= 15 is 0 Å². The summed E-state index contributed by atoms with van der Waals surface area (Å²) < 4.78 is 46.4. The van der Waals surface area contributed by atoms with Crippen LogP contribution in [-0.4, -0.2) is 37.3 Å². The van der Waals surface area contributed by atoms with E-state index in [0.29, 0.717) is 13.1 Å². The highest BCUT2D eigenvalue weighted by Gasteiger charge is 2.33. The van der Waals surface area contributed by atoms with Crippen LogP contribution >= 0.6 is 0 Å². The third-order valence-corrected chi connectivity index (χ3v) is 4.52. The summed E-state index contributed by atoms with van der Waals surface area (Å²) in [5.41, 5.74) is 2.93. The Morgan fingerprint density at radius 3 is 2.52 bits per heavy atom. The van der Waals surface area contributed by atoms with Crippen molar-refractivity contribution in [3.63, 3.8) is 0 Å². The van der Waals surface area contributed by atoms with Gasteiger partial charge in [-0.15, -0.1) is 0 Å². The summed E-state index contributed by atoms with van der Waals surface area (Å²) in [5, 5.41) is 0. The molecule has 1 aliphatic heterocycles. The number of rotatable bonds is 5. The van der Waals surface area contributed by atoms with Crippen molar-refractivity contribution in [1.82, 2.24) is 4.90 Å². The van der Waals surface area contributed by atoms with Crippen molar-refractivity contribution in [3.05, 3.63) is 65.2 Å². The molecule has 4 nitrogen and oxygen atoms in total. The molecule has 0 spiro atoms. The molecule has 0 bridgehead atoms. The number of methoxy groups -OCH3 is 1. The number of hydrogen-bond donors (Lipinski definition) is 0. The minimum Gasteiger partial charge on any atom is -0.484 e. The lowest BCUT2D eigenvalue weighted by molar-refractivity contribution is -0.153. The number of esters is 1. The van der Waals surface area contributed by atoms with Crippen LogP contribution in [0.5, 0.6) is 5.75 Å². The van der Waals surface area contributed by atoms with Crippen molar-refractivity contribution in [1.29, 1.82) is 0 Å². The van der Waals surface area contributed by atoms with Crippen LogP contribution < -0.4 is 4.74 Å². The van der Waals surface area contributed by atoms with E-state index in [9.17, 15) is 18.0 Å². The SMILES string of the molecule is COC(=O)C1c2ccccc2CCN1Cc1ccc(OCC(F)(F)F)cc1. The Hall–Kier alpha value is -2.54. The monoisotopic (exact) mass is 379 g/mol. The number of carbonyl (C=O) groups excluding carboxylic acids is 1. The lowest BCUT2D eigenvalue weighted by atomic mass is 9.92. The summed E-state index contributed by atoms with van der Waals surface area (Å²) in [6.07, 6.45) is -3.55. The van der Waals surface area contributed by atoms with E-state index in [2.05, 4.69) is 0 Å². The van der Waals surface area contributed by atoms with E-state index in [1.807, 2.05) is 29.2 Å². The molecule has 2 aromatic rings. The fraction of sp³-hybridized carbons (Fsp3) is 0.350. The Morgan fingerprint density at radius 1 is 1.15 bits per heavy atom. The maximum atomic E-state index is 12.4. The van der Waals surface area contributed by atoms with Gasteiger partial charge in [0.1, 0.15) is 11.8 Å². The molecule has 0 saturated heterocycles. The third-order valence-electron chi connectivity index (χ3n) is 4.52. The largest absolute Gasteiger partial charge is 0.484 e. The molecule has 1 heterocycles. The molecule has 3 rings (SSSR count). The number of hydrogen-bond acceptors (Lipinski definition) is 4.